The Bertz CT molecular complexity index is 1100. The fourth-order valence-electron chi connectivity index (χ4n) is 4.09. The van der Waals surface area contributed by atoms with Crippen molar-refractivity contribution in [2.24, 2.45) is 0 Å². The van der Waals surface area contributed by atoms with Gasteiger partial charge in [0.1, 0.15) is 5.75 Å². The molecule has 142 valence electrons. The van der Waals surface area contributed by atoms with Crippen LogP contribution in [0.25, 0.3) is 10.9 Å². The summed E-state index contributed by atoms with van der Waals surface area (Å²) in [6.07, 6.45) is 5.80. The van der Waals surface area contributed by atoms with Gasteiger partial charge in [-0.05, 0) is 67.6 Å². The minimum atomic E-state index is -0.199. The molecule has 28 heavy (non-hydrogen) atoms. The van der Waals surface area contributed by atoms with E-state index in [1.807, 2.05) is 18.2 Å². The van der Waals surface area contributed by atoms with Crippen molar-refractivity contribution in [1.82, 2.24) is 4.98 Å². The molecule has 0 atom stereocenters. The second-order valence-corrected chi connectivity index (χ2v) is 7.41. The molecule has 0 saturated heterocycles. The maximum Gasteiger partial charge on any atom is 0.262 e. The highest BCUT2D eigenvalue weighted by Gasteiger charge is 2.18. The van der Waals surface area contributed by atoms with E-state index in [2.05, 4.69) is 15.6 Å². The number of nitrogens with one attached hydrogen (secondary N) is 3. The molecule has 0 fully saturated rings. The average molecular weight is 375 g/mol. The third-order valence-corrected chi connectivity index (χ3v) is 5.48. The third kappa shape index (κ3) is 3.01. The van der Waals surface area contributed by atoms with Gasteiger partial charge in [-0.25, -0.2) is 0 Å². The number of amides is 2. The van der Waals surface area contributed by atoms with E-state index < -0.39 is 0 Å². The van der Waals surface area contributed by atoms with Crippen molar-refractivity contribution in [3.05, 3.63) is 53.2 Å². The van der Waals surface area contributed by atoms with Crippen LogP contribution in [0.5, 0.6) is 5.75 Å². The summed E-state index contributed by atoms with van der Waals surface area (Å²) in [6, 6.07) is 11.0. The van der Waals surface area contributed by atoms with E-state index in [-0.39, 0.29) is 18.4 Å². The highest BCUT2D eigenvalue weighted by atomic mass is 16.5. The molecule has 6 nitrogen and oxygen atoms in total. The normalized spacial score (nSPS) is 15.8. The lowest BCUT2D eigenvalue weighted by Gasteiger charge is -2.18. The lowest BCUT2D eigenvalue weighted by molar-refractivity contribution is -0.118. The second kappa shape index (κ2) is 6.71. The second-order valence-electron chi connectivity index (χ2n) is 7.41. The zero-order valence-electron chi connectivity index (χ0n) is 15.4. The number of rotatable bonds is 2. The number of fused-ring (bicyclic) bond motifs is 4. The van der Waals surface area contributed by atoms with E-state index in [1.165, 1.54) is 30.5 Å². The summed E-state index contributed by atoms with van der Waals surface area (Å²) in [5, 5.41) is 6.82. The molecule has 3 aromatic rings. The van der Waals surface area contributed by atoms with Gasteiger partial charge in [0.2, 0.25) is 0 Å². The number of H-pyrrole nitrogens is 1. The van der Waals surface area contributed by atoms with Crippen LogP contribution in [-0.4, -0.2) is 23.4 Å². The summed E-state index contributed by atoms with van der Waals surface area (Å²) in [6.45, 7) is 0.0136. The number of aromatic amines is 1. The molecule has 6 heteroatoms. The van der Waals surface area contributed by atoms with Crippen LogP contribution >= 0.6 is 0 Å². The molecule has 0 bridgehead atoms. The zero-order chi connectivity index (χ0) is 19.1. The van der Waals surface area contributed by atoms with Gasteiger partial charge in [0, 0.05) is 27.8 Å². The number of benzene rings is 2. The summed E-state index contributed by atoms with van der Waals surface area (Å²) < 4.78 is 5.35. The predicted octanol–water partition coefficient (Wildman–Crippen LogP) is 4.02. The first-order chi connectivity index (χ1) is 13.7. The Kier molecular flexibility index (Phi) is 4.04. The molecule has 2 amide bonds. The highest BCUT2D eigenvalue weighted by molar-refractivity contribution is 6.07. The van der Waals surface area contributed by atoms with Crippen LogP contribution in [0.15, 0.2) is 36.4 Å². The lowest BCUT2D eigenvalue weighted by atomic mass is 10.0. The number of carbonyl (C=O) groups excluding carboxylic acids is 2. The van der Waals surface area contributed by atoms with Crippen LogP contribution in [0.2, 0.25) is 0 Å². The Hall–Kier alpha value is -3.28. The van der Waals surface area contributed by atoms with Crippen molar-refractivity contribution >= 4 is 34.1 Å². The predicted molar refractivity (Wildman–Crippen MR) is 108 cm³/mol. The summed E-state index contributed by atoms with van der Waals surface area (Å²) in [5.74, 6) is 0.233. The number of anilines is 2. The molecular formula is C22H21N3O3. The van der Waals surface area contributed by atoms with Crippen LogP contribution < -0.4 is 15.4 Å². The number of hydrogen-bond donors (Lipinski definition) is 3. The van der Waals surface area contributed by atoms with Gasteiger partial charge in [0.15, 0.2) is 6.61 Å². The van der Waals surface area contributed by atoms with Crippen LogP contribution in [0.3, 0.4) is 0 Å². The standard InChI is InChI=1S/C22H21N3O3/c26-21-12-28-20-9-7-14(11-19(20)25-21)23-22(27)13-6-8-18-16(10-13)15-4-2-1-3-5-17(15)24-18/h6-11,24H,1-5,12H2,(H,23,27)(H,25,26). The number of aromatic nitrogens is 1. The molecule has 2 aromatic carbocycles. The fraction of sp³-hybridized carbons (Fsp3) is 0.273. The van der Waals surface area contributed by atoms with E-state index in [0.717, 1.165) is 23.7 Å². The van der Waals surface area contributed by atoms with Gasteiger partial charge in [-0.2, -0.15) is 0 Å². The van der Waals surface area contributed by atoms with Crippen molar-refractivity contribution in [2.45, 2.75) is 32.1 Å². The Morgan fingerprint density at radius 3 is 2.86 bits per heavy atom. The summed E-state index contributed by atoms with van der Waals surface area (Å²) in [4.78, 5) is 27.8. The smallest absolute Gasteiger partial charge is 0.262 e. The Labute approximate surface area is 162 Å². The first kappa shape index (κ1) is 16.9. The van der Waals surface area contributed by atoms with Gasteiger partial charge in [0.25, 0.3) is 11.8 Å². The number of carbonyl (C=O) groups is 2. The van der Waals surface area contributed by atoms with E-state index in [9.17, 15) is 9.59 Å². The van der Waals surface area contributed by atoms with Gasteiger partial charge in [-0.1, -0.05) is 6.42 Å². The first-order valence-corrected chi connectivity index (χ1v) is 9.69. The maximum absolute atomic E-state index is 12.8. The Morgan fingerprint density at radius 2 is 1.93 bits per heavy atom. The zero-order valence-corrected chi connectivity index (χ0v) is 15.4. The van der Waals surface area contributed by atoms with Crippen LogP contribution in [0.1, 0.15) is 40.9 Å². The third-order valence-electron chi connectivity index (χ3n) is 5.48. The van der Waals surface area contributed by atoms with E-state index in [1.54, 1.807) is 18.2 Å². The number of hydrogen-bond acceptors (Lipinski definition) is 3. The highest BCUT2D eigenvalue weighted by Crippen LogP contribution is 2.31. The van der Waals surface area contributed by atoms with Gasteiger partial charge < -0.3 is 20.4 Å². The van der Waals surface area contributed by atoms with Crippen molar-refractivity contribution in [3.8, 4) is 5.75 Å². The molecule has 0 saturated carbocycles. The van der Waals surface area contributed by atoms with E-state index in [0.29, 0.717) is 22.7 Å². The molecule has 0 unspecified atom stereocenters. The van der Waals surface area contributed by atoms with Gasteiger partial charge in [0.05, 0.1) is 5.69 Å². The van der Waals surface area contributed by atoms with E-state index in [4.69, 9.17) is 4.74 Å². The van der Waals surface area contributed by atoms with Crippen LogP contribution in [0.4, 0.5) is 11.4 Å². The summed E-state index contributed by atoms with van der Waals surface area (Å²) in [7, 11) is 0. The molecule has 0 radical (unpaired) electrons. The molecule has 2 aliphatic rings. The largest absolute Gasteiger partial charge is 0.482 e. The molecule has 1 aromatic heterocycles. The summed E-state index contributed by atoms with van der Waals surface area (Å²) >= 11 is 0. The Morgan fingerprint density at radius 1 is 1.04 bits per heavy atom. The summed E-state index contributed by atoms with van der Waals surface area (Å²) in [5.41, 5.74) is 5.57. The van der Waals surface area contributed by atoms with Crippen molar-refractivity contribution in [1.29, 1.82) is 0 Å². The van der Waals surface area contributed by atoms with Gasteiger partial charge in [-0.15, -0.1) is 0 Å². The lowest BCUT2D eigenvalue weighted by Crippen LogP contribution is -2.25. The van der Waals surface area contributed by atoms with Crippen LogP contribution in [0, 0.1) is 0 Å². The molecule has 3 N–H and O–H groups in total. The van der Waals surface area contributed by atoms with Crippen LogP contribution in [-0.2, 0) is 17.6 Å². The molecule has 1 aliphatic carbocycles. The van der Waals surface area contributed by atoms with Gasteiger partial charge in [-0.3, -0.25) is 9.59 Å². The maximum atomic E-state index is 12.8. The molecule has 5 rings (SSSR count). The van der Waals surface area contributed by atoms with Crippen molar-refractivity contribution < 1.29 is 14.3 Å². The molecule has 0 spiro atoms. The first-order valence-electron chi connectivity index (χ1n) is 9.69. The topological polar surface area (TPSA) is 83.2 Å². The van der Waals surface area contributed by atoms with Crippen molar-refractivity contribution in [2.75, 3.05) is 17.2 Å². The van der Waals surface area contributed by atoms with Gasteiger partial charge >= 0.3 is 0 Å². The molecular weight excluding hydrogens is 354 g/mol. The molecule has 2 heterocycles. The minimum Gasteiger partial charge on any atom is -0.482 e. The number of ether oxygens (including phenoxy) is 1. The average Bonchev–Trinajstić information content (AvgIpc) is 2.87. The number of aryl methyl sites for hydroxylation is 2. The minimum absolute atomic E-state index is 0.0136. The fourth-order valence-corrected chi connectivity index (χ4v) is 4.09. The monoisotopic (exact) mass is 375 g/mol. The SMILES string of the molecule is O=C1COc2ccc(NC(=O)c3ccc4[nH]c5c(c4c3)CCCCC5)cc2N1. The van der Waals surface area contributed by atoms with Crippen molar-refractivity contribution in [3.63, 3.8) is 0 Å². The van der Waals surface area contributed by atoms with E-state index >= 15 is 0 Å². The Balaban J connectivity index is 1.42. The quantitative estimate of drug-likeness (QED) is 0.592. The molecule has 1 aliphatic heterocycles.